The van der Waals surface area contributed by atoms with Crippen LogP contribution in [-0.4, -0.2) is 20.4 Å². The van der Waals surface area contributed by atoms with Crippen LogP contribution in [0.2, 0.25) is 0 Å². The molecular weight excluding hydrogens is 366 g/mol. The van der Waals surface area contributed by atoms with E-state index in [2.05, 4.69) is 0 Å². The lowest BCUT2D eigenvalue weighted by Crippen LogP contribution is -2.63. The van der Waals surface area contributed by atoms with Gasteiger partial charge in [0.1, 0.15) is 5.37 Å². The molecule has 0 aromatic heterocycles. The Morgan fingerprint density at radius 1 is 0.821 bits per heavy atom. The number of likely N-dealkylation sites (tertiary alicyclic amines) is 1. The molecule has 0 spiro atoms. The SMILES string of the molecule is CC[C@@H]1C(=O)N(C(c2ccccc2)c2ccccc2)[C@H]1S(=O)c1ccccc1. The zero-order valence-electron chi connectivity index (χ0n) is 15.8. The van der Waals surface area contributed by atoms with Gasteiger partial charge in [0.2, 0.25) is 5.91 Å². The lowest BCUT2D eigenvalue weighted by molar-refractivity contribution is -0.153. The first-order valence-corrected chi connectivity index (χ1v) is 10.8. The summed E-state index contributed by atoms with van der Waals surface area (Å²) < 4.78 is 13.4. The van der Waals surface area contributed by atoms with Gasteiger partial charge in [0, 0.05) is 4.90 Å². The van der Waals surface area contributed by atoms with Crippen LogP contribution in [0.4, 0.5) is 0 Å². The molecule has 1 unspecified atom stereocenters. The zero-order valence-corrected chi connectivity index (χ0v) is 16.6. The predicted octanol–water partition coefficient (Wildman–Crippen LogP) is 4.78. The third-order valence-corrected chi connectivity index (χ3v) is 7.06. The normalized spacial score (nSPS) is 20.1. The van der Waals surface area contributed by atoms with Gasteiger partial charge in [-0.3, -0.25) is 9.00 Å². The number of carbonyl (C=O) groups is 1. The van der Waals surface area contributed by atoms with Crippen molar-refractivity contribution in [1.82, 2.24) is 4.90 Å². The van der Waals surface area contributed by atoms with Crippen LogP contribution in [0.25, 0.3) is 0 Å². The average Bonchev–Trinajstić information content (AvgIpc) is 2.77. The van der Waals surface area contributed by atoms with E-state index in [9.17, 15) is 9.00 Å². The fourth-order valence-electron chi connectivity index (χ4n) is 3.93. The maximum absolute atomic E-state index is 13.4. The second-order valence-corrected chi connectivity index (χ2v) is 8.53. The molecule has 28 heavy (non-hydrogen) atoms. The van der Waals surface area contributed by atoms with Crippen molar-refractivity contribution in [3.05, 3.63) is 102 Å². The monoisotopic (exact) mass is 389 g/mol. The highest BCUT2D eigenvalue weighted by Gasteiger charge is 2.53. The summed E-state index contributed by atoms with van der Waals surface area (Å²) in [5, 5.41) is -0.328. The van der Waals surface area contributed by atoms with Crippen molar-refractivity contribution >= 4 is 16.7 Å². The number of rotatable bonds is 6. The van der Waals surface area contributed by atoms with E-state index in [1.165, 1.54) is 0 Å². The summed E-state index contributed by atoms with van der Waals surface area (Å²) in [6.45, 7) is 2.00. The quantitative estimate of drug-likeness (QED) is 0.569. The number of amides is 1. The van der Waals surface area contributed by atoms with Crippen molar-refractivity contribution in [2.24, 2.45) is 5.92 Å². The fourth-order valence-corrected chi connectivity index (χ4v) is 5.68. The number of β-lactam (4-membered cyclic amide) rings is 1. The van der Waals surface area contributed by atoms with Gasteiger partial charge < -0.3 is 4.90 Å². The van der Waals surface area contributed by atoms with Gasteiger partial charge in [0.15, 0.2) is 0 Å². The van der Waals surface area contributed by atoms with Gasteiger partial charge in [0.25, 0.3) is 0 Å². The molecule has 1 aliphatic rings. The summed E-state index contributed by atoms with van der Waals surface area (Å²) in [5.41, 5.74) is 2.07. The molecule has 0 radical (unpaired) electrons. The van der Waals surface area contributed by atoms with Crippen LogP contribution >= 0.6 is 0 Å². The van der Waals surface area contributed by atoms with Crippen molar-refractivity contribution < 1.29 is 9.00 Å². The second kappa shape index (κ2) is 8.11. The molecule has 3 atom stereocenters. The number of hydrogen-bond donors (Lipinski definition) is 0. The minimum absolute atomic E-state index is 0.0782. The van der Waals surface area contributed by atoms with Crippen molar-refractivity contribution in [2.75, 3.05) is 0 Å². The molecule has 3 aromatic rings. The highest BCUT2D eigenvalue weighted by molar-refractivity contribution is 7.85. The van der Waals surface area contributed by atoms with Gasteiger partial charge in [-0.25, -0.2) is 0 Å². The van der Waals surface area contributed by atoms with E-state index in [0.717, 1.165) is 16.0 Å². The molecule has 1 saturated heterocycles. The van der Waals surface area contributed by atoms with E-state index in [1.807, 2.05) is 103 Å². The van der Waals surface area contributed by atoms with Crippen molar-refractivity contribution in [3.8, 4) is 0 Å². The van der Waals surface area contributed by atoms with Crippen LogP contribution in [-0.2, 0) is 15.6 Å². The Balaban J connectivity index is 1.78. The van der Waals surface area contributed by atoms with Gasteiger partial charge >= 0.3 is 0 Å². The predicted molar refractivity (Wildman–Crippen MR) is 112 cm³/mol. The summed E-state index contributed by atoms with van der Waals surface area (Å²) in [5.74, 6) is -0.134. The first-order valence-electron chi connectivity index (χ1n) is 9.60. The minimum atomic E-state index is -1.29. The van der Waals surface area contributed by atoms with Crippen molar-refractivity contribution in [2.45, 2.75) is 29.7 Å². The number of hydrogen-bond acceptors (Lipinski definition) is 2. The maximum atomic E-state index is 13.4. The van der Waals surface area contributed by atoms with Gasteiger partial charge in [-0.05, 0) is 29.7 Å². The minimum Gasteiger partial charge on any atom is -0.315 e. The Morgan fingerprint density at radius 3 is 1.75 bits per heavy atom. The lowest BCUT2D eigenvalue weighted by atomic mass is 9.88. The fraction of sp³-hybridized carbons (Fsp3) is 0.208. The second-order valence-electron chi connectivity index (χ2n) is 6.99. The third kappa shape index (κ3) is 3.29. The molecule has 1 aliphatic heterocycles. The zero-order chi connectivity index (χ0) is 19.5. The molecule has 3 aromatic carbocycles. The van der Waals surface area contributed by atoms with Gasteiger partial charge in [-0.2, -0.15) is 0 Å². The topological polar surface area (TPSA) is 37.4 Å². The molecule has 1 amide bonds. The smallest absolute Gasteiger partial charge is 0.230 e. The largest absolute Gasteiger partial charge is 0.315 e. The molecule has 1 heterocycles. The molecule has 0 saturated carbocycles. The standard InChI is InChI=1S/C24H23NO2S/c1-2-21-23(26)25(24(21)28(27)20-16-10-5-11-17-20)22(18-12-6-3-7-13-18)19-14-8-4-9-15-19/h3-17,21-22,24H,2H2,1H3/t21-,24+,28?/m1/s1. The molecule has 1 fully saturated rings. The first kappa shape index (κ1) is 18.6. The Morgan fingerprint density at radius 2 is 1.29 bits per heavy atom. The summed E-state index contributed by atoms with van der Waals surface area (Å²) >= 11 is 0. The van der Waals surface area contributed by atoms with Crippen LogP contribution in [0.1, 0.15) is 30.5 Å². The van der Waals surface area contributed by atoms with Crippen molar-refractivity contribution in [1.29, 1.82) is 0 Å². The molecule has 3 nitrogen and oxygen atoms in total. The van der Waals surface area contributed by atoms with Crippen LogP contribution in [0.5, 0.6) is 0 Å². The van der Waals surface area contributed by atoms with Gasteiger partial charge in [-0.15, -0.1) is 0 Å². The molecule has 0 bridgehead atoms. The highest BCUT2D eigenvalue weighted by Crippen LogP contribution is 2.43. The molecular formula is C24H23NO2S. The van der Waals surface area contributed by atoms with E-state index in [4.69, 9.17) is 0 Å². The molecule has 142 valence electrons. The first-order chi connectivity index (χ1) is 13.7. The maximum Gasteiger partial charge on any atom is 0.230 e. The molecule has 0 N–H and O–H groups in total. The number of benzene rings is 3. The average molecular weight is 390 g/mol. The Hall–Kier alpha value is -2.72. The van der Waals surface area contributed by atoms with Crippen LogP contribution < -0.4 is 0 Å². The summed E-state index contributed by atoms with van der Waals surface area (Å²) in [4.78, 5) is 15.7. The molecule has 4 rings (SSSR count). The molecule has 4 heteroatoms. The van der Waals surface area contributed by atoms with Crippen LogP contribution in [0.15, 0.2) is 95.9 Å². The summed E-state index contributed by atoms with van der Waals surface area (Å²) in [7, 11) is -1.29. The van der Waals surface area contributed by atoms with Gasteiger partial charge in [-0.1, -0.05) is 85.8 Å². The van der Waals surface area contributed by atoms with Gasteiger partial charge in [0.05, 0.1) is 22.8 Å². The van der Waals surface area contributed by atoms with Crippen LogP contribution in [0.3, 0.4) is 0 Å². The third-order valence-electron chi connectivity index (χ3n) is 5.33. The van der Waals surface area contributed by atoms with Crippen LogP contribution in [0, 0.1) is 5.92 Å². The van der Waals surface area contributed by atoms with E-state index >= 15 is 0 Å². The van der Waals surface area contributed by atoms with E-state index in [0.29, 0.717) is 6.42 Å². The summed E-state index contributed by atoms with van der Waals surface area (Å²) in [6, 6.07) is 29.2. The Kier molecular flexibility index (Phi) is 5.40. The highest BCUT2D eigenvalue weighted by atomic mass is 32.2. The number of carbonyl (C=O) groups excluding carboxylic acids is 1. The molecule has 0 aliphatic carbocycles. The Bertz CT molecular complexity index is 920. The van der Waals surface area contributed by atoms with Crippen molar-refractivity contribution in [3.63, 3.8) is 0 Å². The number of nitrogens with zero attached hydrogens (tertiary/aromatic N) is 1. The Labute approximate surface area is 168 Å². The van der Waals surface area contributed by atoms with E-state index in [-0.39, 0.29) is 23.2 Å². The van der Waals surface area contributed by atoms with E-state index in [1.54, 1.807) is 0 Å². The van der Waals surface area contributed by atoms with E-state index < -0.39 is 10.8 Å². The lowest BCUT2D eigenvalue weighted by Gasteiger charge is -2.50. The summed E-state index contributed by atoms with van der Waals surface area (Å²) in [6.07, 6.45) is 0.689.